The number of anilines is 1. The summed E-state index contributed by atoms with van der Waals surface area (Å²) in [5, 5.41) is 3.91. The smallest absolute Gasteiger partial charge is 0.251 e. The highest BCUT2D eigenvalue weighted by Crippen LogP contribution is 2.24. The number of hydrogen-bond donors (Lipinski definition) is 2. The maximum Gasteiger partial charge on any atom is 0.251 e. The molecular weight excluding hydrogens is 427 g/mol. The standard InChI is InChI=1S/C18H20Cl2N2O3S2/c1-12-14(4-3-5-17(12)22-27(2,24)25)18(23)21-8-9-26-11-13-6-7-15(19)16(20)10-13/h3-7,10,22H,8-9,11H2,1-2H3,(H,21,23). The maximum atomic E-state index is 12.4. The summed E-state index contributed by atoms with van der Waals surface area (Å²) in [6.07, 6.45) is 1.07. The van der Waals surface area contributed by atoms with E-state index in [0.717, 1.165) is 23.3 Å². The molecule has 27 heavy (non-hydrogen) atoms. The molecule has 1 amide bonds. The van der Waals surface area contributed by atoms with Crippen LogP contribution in [0.4, 0.5) is 5.69 Å². The minimum absolute atomic E-state index is 0.236. The van der Waals surface area contributed by atoms with Crippen LogP contribution in [-0.4, -0.2) is 32.9 Å². The highest BCUT2D eigenvalue weighted by atomic mass is 35.5. The van der Waals surface area contributed by atoms with Gasteiger partial charge < -0.3 is 5.32 Å². The lowest BCUT2D eigenvalue weighted by atomic mass is 10.1. The molecule has 2 N–H and O–H groups in total. The van der Waals surface area contributed by atoms with E-state index in [-0.39, 0.29) is 5.91 Å². The van der Waals surface area contributed by atoms with Crippen molar-refractivity contribution in [3.8, 4) is 0 Å². The molecule has 9 heteroatoms. The molecule has 0 bridgehead atoms. The summed E-state index contributed by atoms with van der Waals surface area (Å²) in [6, 6.07) is 10.5. The normalized spacial score (nSPS) is 11.3. The van der Waals surface area contributed by atoms with E-state index in [0.29, 0.717) is 33.4 Å². The molecule has 0 heterocycles. The van der Waals surface area contributed by atoms with Crippen molar-refractivity contribution in [2.45, 2.75) is 12.7 Å². The van der Waals surface area contributed by atoms with E-state index in [1.54, 1.807) is 43.0 Å². The van der Waals surface area contributed by atoms with Gasteiger partial charge in [-0.3, -0.25) is 9.52 Å². The monoisotopic (exact) mass is 446 g/mol. The van der Waals surface area contributed by atoms with Gasteiger partial charge in [0.15, 0.2) is 0 Å². The lowest BCUT2D eigenvalue weighted by Gasteiger charge is -2.12. The minimum atomic E-state index is -3.40. The van der Waals surface area contributed by atoms with Crippen molar-refractivity contribution in [1.29, 1.82) is 0 Å². The number of rotatable bonds is 8. The van der Waals surface area contributed by atoms with Gasteiger partial charge in [0.1, 0.15) is 0 Å². The SMILES string of the molecule is Cc1c(NS(C)(=O)=O)cccc1C(=O)NCCSCc1ccc(Cl)c(Cl)c1. The van der Waals surface area contributed by atoms with Crippen molar-refractivity contribution in [2.24, 2.45) is 0 Å². The molecule has 0 radical (unpaired) electrons. The number of thioether (sulfide) groups is 1. The number of carbonyl (C=O) groups is 1. The van der Waals surface area contributed by atoms with Gasteiger partial charge in [0.05, 0.1) is 22.0 Å². The van der Waals surface area contributed by atoms with E-state index in [4.69, 9.17) is 23.2 Å². The van der Waals surface area contributed by atoms with Crippen molar-refractivity contribution in [1.82, 2.24) is 5.32 Å². The molecule has 0 spiro atoms. The second kappa shape index (κ2) is 9.68. The summed E-state index contributed by atoms with van der Waals surface area (Å²) in [7, 11) is -3.40. The average molecular weight is 447 g/mol. The third kappa shape index (κ3) is 6.92. The van der Waals surface area contributed by atoms with Crippen LogP contribution in [-0.2, 0) is 15.8 Å². The summed E-state index contributed by atoms with van der Waals surface area (Å²) in [5.41, 5.74) is 2.50. The quantitative estimate of drug-likeness (QED) is 0.591. The predicted octanol–water partition coefficient (Wildman–Crippen LogP) is 4.34. The number of amides is 1. The second-order valence-corrected chi connectivity index (χ2v) is 9.58. The predicted molar refractivity (Wildman–Crippen MR) is 115 cm³/mol. The first-order valence-electron chi connectivity index (χ1n) is 8.04. The number of hydrogen-bond acceptors (Lipinski definition) is 4. The Kier molecular flexibility index (Phi) is 7.85. The number of carbonyl (C=O) groups excluding carboxylic acids is 1. The molecule has 0 fully saturated rings. The Morgan fingerprint density at radius 2 is 1.89 bits per heavy atom. The average Bonchev–Trinajstić information content (AvgIpc) is 2.58. The van der Waals surface area contributed by atoms with Crippen LogP contribution in [0, 0.1) is 6.92 Å². The first-order valence-corrected chi connectivity index (χ1v) is 11.8. The van der Waals surface area contributed by atoms with E-state index in [1.807, 2.05) is 12.1 Å². The molecule has 0 unspecified atom stereocenters. The molecule has 0 saturated carbocycles. The molecular formula is C18H20Cl2N2O3S2. The Labute approximate surface area is 173 Å². The molecule has 0 aromatic heterocycles. The number of sulfonamides is 1. The van der Waals surface area contributed by atoms with Crippen LogP contribution in [0.3, 0.4) is 0 Å². The lowest BCUT2D eigenvalue weighted by molar-refractivity contribution is 0.0955. The van der Waals surface area contributed by atoms with Crippen molar-refractivity contribution in [3.05, 3.63) is 63.1 Å². The fourth-order valence-corrected chi connectivity index (χ4v) is 4.09. The topological polar surface area (TPSA) is 75.3 Å². The summed E-state index contributed by atoms with van der Waals surface area (Å²) in [6.45, 7) is 2.20. The van der Waals surface area contributed by atoms with E-state index >= 15 is 0 Å². The molecule has 0 aliphatic carbocycles. The molecule has 0 aliphatic rings. The minimum Gasteiger partial charge on any atom is -0.351 e. The van der Waals surface area contributed by atoms with Crippen LogP contribution in [0.1, 0.15) is 21.5 Å². The van der Waals surface area contributed by atoms with Crippen molar-refractivity contribution < 1.29 is 13.2 Å². The van der Waals surface area contributed by atoms with Crippen LogP contribution in [0.5, 0.6) is 0 Å². The van der Waals surface area contributed by atoms with Gasteiger partial charge in [-0.25, -0.2) is 8.42 Å². The summed E-state index contributed by atoms with van der Waals surface area (Å²) in [5.74, 6) is 1.26. The summed E-state index contributed by atoms with van der Waals surface area (Å²) >= 11 is 13.5. The van der Waals surface area contributed by atoms with E-state index in [2.05, 4.69) is 10.0 Å². The molecule has 146 valence electrons. The molecule has 5 nitrogen and oxygen atoms in total. The van der Waals surface area contributed by atoms with Crippen LogP contribution in [0.2, 0.25) is 10.0 Å². The van der Waals surface area contributed by atoms with Gasteiger partial charge in [-0.05, 0) is 42.3 Å². The second-order valence-electron chi connectivity index (χ2n) is 5.91. The first-order chi connectivity index (χ1) is 12.7. The summed E-state index contributed by atoms with van der Waals surface area (Å²) < 4.78 is 25.2. The number of nitrogens with one attached hydrogen (secondary N) is 2. The van der Waals surface area contributed by atoms with Crippen molar-refractivity contribution >= 4 is 56.6 Å². The zero-order valence-corrected chi connectivity index (χ0v) is 18.0. The Bertz CT molecular complexity index is 934. The third-order valence-corrected chi connectivity index (χ3v) is 6.02. The van der Waals surface area contributed by atoms with Gasteiger partial charge in [-0.2, -0.15) is 11.8 Å². The van der Waals surface area contributed by atoms with Gasteiger partial charge in [-0.1, -0.05) is 35.3 Å². The fourth-order valence-electron chi connectivity index (χ4n) is 2.34. The highest BCUT2D eigenvalue weighted by molar-refractivity contribution is 7.98. The van der Waals surface area contributed by atoms with Crippen LogP contribution in [0.25, 0.3) is 0 Å². The number of benzene rings is 2. The van der Waals surface area contributed by atoms with Gasteiger partial charge in [0, 0.05) is 23.6 Å². The molecule has 2 rings (SSSR count). The zero-order valence-electron chi connectivity index (χ0n) is 14.9. The maximum absolute atomic E-state index is 12.4. The zero-order chi connectivity index (χ0) is 20.0. The van der Waals surface area contributed by atoms with Gasteiger partial charge in [0.2, 0.25) is 10.0 Å². The van der Waals surface area contributed by atoms with E-state index < -0.39 is 10.0 Å². The van der Waals surface area contributed by atoms with Gasteiger partial charge >= 0.3 is 0 Å². The Morgan fingerprint density at radius 3 is 2.56 bits per heavy atom. The number of halogens is 2. The fraction of sp³-hybridized carbons (Fsp3) is 0.278. The Morgan fingerprint density at radius 1 is 1.15 bits per heavy atom. The molecule has 2 aromatic rings. The first kappa shape index (κ1) is 21.9. The molecule has 2 aromatic carbocycles. The Balaban J connectivity index is 1.85. The van der Waals surface area contributed by atoms with Crippen LogP contribution in [0.15, 0.2) is 36.4 Å². The highest BCUT2D eigenvalue weighted by Gasteiger charge is 2.13. The third-order valence-electron chi connectivity index (χ3n) is 3.66. The van der Waals surface area contributed by atoms with Crippen molar-refractivity contribution in [2.75, 3.05) is 23.3 Å². The molecule has 0 saturated heterocycles. The van der Waals surface area contributed by atoms with Crippen molar-refractivity contribution in [3.63, 3.8) is 0 Å². The molecule has 0 atom stereocenters. The van der Waals surface area contributed by atoms with E-state index in [1.165, 1.54) is 0 Å². The largest absolute Gasteiger partial charge is 0.351 e. The van der Waals surface area contributed by atoms with E-state index in [9.17, 15) is 13.2 Å². The summed E-state index contributed by atoms with van der Waals surface area (Å²) in [4.78, 5) is 12.4. The van der Waals surface area contributed by atoms with Gasteiger partial charge in [0.25, 0.3) is 5.91 Å². The van der Waals surface area contributed by atoms with Gasteiger partial charge in [-0.15, -0.1) is 0 Å². The molecule has 0 aliphatic heterocycles. The van der Waals surface area contributed by atoms with Crippen LogP contribution < -0.4 is 10.0 Å². The lowest BCUT2D eigenvalue weighted by Crippen LogP contribution is -2.26. The Hall–Kier alpha value is -1.41. The van der Waals surface area contributed by atoms with Crippen LogP contribution >= 0.6 is 35.0 Å².